The van der Waals surface area contributed by atoms with Crippen molar-refractivity contribution in [1.29, 1.82) is 0 Å². The van der Waals surface area contributed by atoms with E-state index in [4.69, 9.17) is 21.1 Å². The highest BCUT2D eigenvalue weighted by Crippen LogP contribution is 2.33. The van der Waals surface area contributed by atoms with E-state index < -0.39 is 0 Å². The minimum Gasteiger partial charge on any atom is -0.493 e. The van der Waals surface area contributed by atoms with Crippen LogP contribution in [-0.2, 0) is 0 Å². The SMILES string of the molecule is COc1ccccc1OC1CC(Cl)C1. The van der Waals surface area contributed by atoms with Crippen molar-refractivity contribution in [3.8, 4) is 11.5 Å². The molecule has 0 spiro atoms. The van der Waals surface area contributed by atoms with Crippen LogP contribution in [0.1, 0.15) is 12.8 Å². The maximum Gasteiger partial charge on any atom is 0.161 e. The van der Waals surface area contributed by atoms with Crippen LogP contribution >= 0.6 is 11.6 Å². The van der Waals surface area contributed by atoms with Crippen LogP contribution in [0.25, 0.3) is 0 Å². The highest BCUT2D eigenvalue weighted by atomic mass is 35.5. The van der Waals surface area contributed by atoms with E-state index in [1.807, 2.05) is 24.3 Å². The summed E-state index contributed by atoms with van der Waals surface area (Å²) in [5, 5.41) is 0.287. The molecule has 1 fully saturated rings. The third-order valence-electron chi connectivity index (χ3n) is 2.40. The van der Waals surface area contributed by atoms with E-state index >= 15 is 0 Å². The molecule has 2 nitrogen and oxygen atoms in total. The number of alkyl halides is 1. The summed E-state index contributed by atoms with van der Waals surface area (Å²) in [5.74, 6) is 1.59. The molecule has 1 aromatic rings. The second-order valence-corrected chi connectivity index (χ2v) is 4.08. The predicted octanol–water partition coefficient (Wildman–Crippen LogP) is 2.84. The summed E-state index contributed by atoms with van der Waals surface area (Å²) in [5.41, 5.74) is 0. The number of rotatable bonds is 3. The van der Waals surface area contributed by atoms with Crippen LogP contribution in [0.2, 0.25) is 0 Å². The van der Waals surface area contributed by atoms with Crippen molar-refractivity contribution in [3.05, 3.63) is 24.3 Å². The number of hydrogen-bond acceptors (Lipinski definition) is 2. The molecule has 0 unspecified atom stereocenters. The summed E-state index contributed by atoms with van der Waals surface area (Å²) in [6, 6.07) is 7.68. The molecule has 0 bridgehead atoms. The van der Waals surface area contributed by atoms with Crippen LogP contribution in [0.15, 0.2) is 24.3 Å². The molecule has 0 heterocycles. The lowest BCUT2D eigenvalue weighted by atomic mass is 9.95. The van der Waals surface area contributed by atoms with Gasteiger partial charge in [0.1, 0.15) is 6.10 Å². The maximum absolute atomic E-state index is 5.87. The summed E-state index contributed by atoms with van der Waals surface area (Å²) in [6.07, 6.45) is 2.12. The Morgan fingerprint density at radius 3 is 2.43 bits per heavy atom. The van der Waals surface area contributed by atoms with Crippen LogP contribution < -0.4 is 9.47 Å². The van der Waals surface area contributed by atoms with Crippen molar-refractivity contribution in [2.24, 2.45) is 0 Å². The van der Waals surface area contributed by atoms with Gasteiger partial charge in [0, 0.05) is 18.2 Å². The molecule has 0 saturated heterocycles. The Hall–Kier alpha value is -0.890. The first-order valence-electron chi connectivity index (χ1n) is 4.73. The van der Waals surface area contributed by atoms with E-state index in [9.17, 15) is 0 Å². The van der Waals surface area contributed by atoms with Gasteiger partial charge in [-0.3, -0.25) is 0 Å². The van der Waals surface area contributed by atoms with Gasteiger partial charge in [-0.15, -0.1) is 11.6 Å². The quantitative estimate of drug-likeness (QED) is 0.718. The molecule has 1 aromatic carbocycles. The van der Waals surface area contributed by atoms with E-state index in [-0.39, 0.29) is 11.5 Å². The molecule has 0 N–H and O–H groups in total. The van der Waals surface area contributed by atoms with Gasteiger partial charge in [-0.05, 0) is 12.1 Å². The molecule has 3 heteroatoms. The smallest absolute Gasteiger partial charge is 0.161 e. The Labute approximate surface area is 88.8 Å². The monoisotopic (exact) mass is 212 g/mol. The van der Waals surface area contributed by atoms with Gasteiger partial charge < -0.3 is 9.47 Å². The molecule has 0 aromatic heterocycles. The molecule has 0 atom stereocenters. The van der Waals surface area contributed by atoms with Crippen molar-refractivity contribution in [2.75, 3.05) is 7.11 Å². The Morgan fingerprint density at radius 1 is 1.21 bits per heavy atom. The van der Waals surface area contributed by atoms with Gasteiger partial charge in [-0.25, -0.2) is 0 Å². The first kappa shape index (κ1) is 9.66. The average molecular weight is 213 g/mol. The first-order valence-corrected chi connectivity index (χ1v) is 5.17. The second-order valence-electron chi connectivity index (χ2n) is 3.46. The zero-order valence-corrected chi connectivity index (χ0v) is 8.83. The Bertz CT molecular complexity index is 308. The Balaban J connectivity index is 2.01. The summed E-state index contributed by atoms with van der Waals surface area (Å²) >= 11 is 5.87. The molecular weight excluding hydrogens is 200 g/mol. The van der Waals surface area contributed by atoms with E-state index in [0.29, 0.717) is 0 Å². The van der Waals surface area contributed by atoms with Crippen LogP contribution in [-0.4, -0.2) is 18.6 Å². The lowest BCUT2D eigenvalue weighted by molar-refractivity contribution is 0.120. The fourth-order valence-corrected chi connectivity index (χ4v) is 1.89. The summed E-state index contributed by atoms with van der Waals surface area (Å²) in [6.45, 7) is 0. The molecule has 1 aliphatic carbocycles. The van der Waals surface area contributed by atoms with Crippen molar-refractivity contribution in [3.63, 3.8) is 0 Å². The van der Waals surface area contributed by atoms with Gasteiger partial charge >= 0.3 is 0 Å². The largest absolute Gasteiger partial charge is 0.493 e. The van der Waals surface area contributed by atoms with Crippen LogP contribution in [0.5, 0.6) is 11.5 Å². The molecule has 1 saturated carbocycles. The number of hydrogen-bond donors (Lipinski definition) is 0. The average Bonchev–Trinajstić information content (AvgIpc) is 2.16. The fourth-order valence-electron chi connectivity index (χ4n) is 1.49. The molecule has 0 amide bonds. The standard InChI is InChI=1S/C11H13ClO2/c1-13-10-4-2-3-5-11(10)14-9-6-8(12)7-9/h2-5,8-9H,6-7H2,1H3. The third-order valence-corrected chi connectivity index (χ3v) is 2.76. The van der Waals surface area contributed by atoms with Gasteiger partial charge in [-0.1, -0.05) is 12.1 Å². The van der Waals surface area contributed by atoms with Gasteiger partial charge in [0.2, 0.25) is 0 Å². The van der Waals surface area contributed by atoms with E-state index in [0.717, 1.165) is 24.3 Å². The number of ether oxygens (including phenoxy) is 2. The van der Waals surface area contributed by atoms with Gasteiger partial charge in [0.05, 0.1) is 7.11 Å². The van der Waals surface area contributed by atoms with Crippen molar-refractivity contribution >= 4 is 11.6 Å². The van der Waals surface area contributed by atoms with Crippen molar-refractivity contribution < 1.29 is 9.47 Å². The lowest BCUT2D eigenvalue weighted by Gasteiger charge is -2.31. The minimum atomic E-state index is 0.258. The van der Waals surface area contributed by atoms with Crippen molar-refractivity contribution in [1.82, 2.24) is 0 Å². The summed E-state index contributed by atoms with van der Waals surface area (Å²) in [4.78, 5) is 0. The summed E-state index contributed by atoms with van der Waals surface area (Å²) in [7, 11) is 1.65. The number of halogens is 1. The van der Waals surface area contributed by atoms with Crippen molar-refractivity contribution in [2.45, 2.75) is 24.3 Å². The maximum atomic E-state index is 5.87. The molecule has 2 rings (SSSR count). The Morgan fingerprint density at radius 2 is 1.86 bits per heavy atom. The highest BCUT2D eigenvalue weighted by molar-refractivity contribution is 6.21. The molecule has 0 radical (unpaired) electrons. The Kier molecular flexibility index (Phi) is 2.82. The van der Waals surface area contributed by atoms with Gasteiger partial charge in [-0.2, -0.15) is 0 Å². The van der Waals surface area contributed by atoms with E-state index in [2.05, 4.69) is 0 Å². The third kappa shape index (κ3) is 1.95. The molecule has 0 aliphatic heterocycles. The van der Waals surface area contributed by atoms with Crippen LogP contribution in [0, 0.1) is 0 Å². The van der Waals surface area contributed by atoms with Gasteiger partial charge in [0.15, 0.2) is 11.5 Å². The van der Waals surface area contributed by atoms with Gasteiger partial charge in [0.25, 0.3) is 0 Å². The van der Waals surface area contributed by atoms with Crippen LogP contribution in [0.4, 0.5) is 0 Å². The molecule has 76 valence electrons. The topological polar surface area (TPSA) is 18.5 Å². The van der Waals surface area contributed by atoms with E-state index in [1.165, 1.54) is 0 Å². The lowest BCUT2D eigenvalue weighted by Crippen LogP contribution is -2.34. The minimum absolute atomic E-state index is 0.258. The number of para-hydroxylation sites is 2. The zero-order chi connectivity index (χ0) is 9.97. The fraction of sp³-hybridized carbons (Fsp3) is 0.455. The number of methoxy groups -OCH3 is 1. The molecule has 1 aliphatic rings. The molecular formula is C11H13ClO2. The van der Waals surface area contributed by atoms with Crippen LogP contribution in [0.3, 0.4) is 0 Å². The first-order chi connectivity index (χ1) is 6.79. The predicted molar refractivity (Wildman–Crippen MR) is 56.3 cm³/mol. The number of benzene rings is 1. The van der Waals surface area contributed by atoms with E-state index in [1.54, 1.807) is 7.11 Å². The zero-order valence-electron chi connectivity index (χ0n) is 8.07. The second kappa shape index (κ2) is 4.09. The summed E-state index contributed by atoms with van der Waals surface area (Å²) < 4.78 is 10.9. The molecule has 14 heavy (non-hydrogen) atoms. The normalized spacial score (nSPS) is 25.3. The highest BCUT2D eigenvalue weighted by Gasteiger charge is 2.29.